The zero-order valence-corrected chi connectivity index (χ0v) is 26.1. The fraction of sp³-hybridized carbons (Fsp3) is 0. The minimum atomic E-state index is 0.928. The van der Waals surface area contributed by atoms with Gasteiger partial charge in [0.25, 0.3) is 0 Å². The van der Waals surface area contributed by atoms with Crippen LogP contribution in [0.2, 0.25) is 0 Å². The first-order valence-corrected chi connectivity index (χ1v) is 17.1. The molecule has 0 aliphatic heterocycles. The first kappa shape index (κ1) is 24.8. The van der Waals surface area contributed by atoms with Crippen molar-refractivity contribution in [3.05, 3.63) is 140 Å². The standard InChI is InChI=1S/C42H23NOS2/c1-4-16-33-30(10-1)39-34(20-22-38-40(39)31-11-3-6-18-36(31)45-38)43(33)24-19-21-37-32(23-24)29-15-8-14-28(42(29)46-37)27-13-7-12-26-25-9-2-5-17-35(25)44-41(26)27/h1-23H. The van der Waals surface area contributed by atoms with Crippen LogP contribution in [0.5, 0.6) is 0 Å². The Hall–Kier alpha value is -5.42. The largest absolute Gasteiger partial charge is 0.455 e. The molecule has 0 amide bonds. The zero-order chi connectivity index (χ0) is 29.9. The van der Waals surface area contributed by atoms with Crippen LogP contribution in [0.3, 0.4) is 0 Å². The first-order valence-electron chi connectivity index (χ1n) is 15.5. The first-order chi connectivity index (χ1) is 22.8. The average molecular weight is 622 g/mol. The molecule has 0 saturated carbocycles. The SMILES string of the molecule is c1ccc2c(c1)oc1c(-c3cccc4c3sc3ccc(-n5c6ccccc6c6c7c(ccc65)sc5ccccc57)cc34)cccc12. The molecule has 0 radical (unpaired) electrons. The molecule has 4 heterocycles. The van der Waals surface area contributed by atoms with Crippen LogP contribution in [0.4, 0.5) is 0 Å². The summed E-state index contributed by atoms with van der Waals surface area (Å²) >= 11 is 3.75. The molecule has 11 aromatic rings. The van der Waals surface area contributed by atoms with Gasteiger partial charge in [0.1, 0.15) is 11.2 Å². The van der Waals surface area contributed by atoms with Gasteiger partial charge in [0.2, 0.25) is 0 Å². The summed E-state index contributed by atoms with van der Waals surface area (Å²) in [6.45, 7) is 0. The molecule has 0 aliphatic rings. The Morgan fingerprint density at radius 3 is 2.09 bits per heavy atom. The lowest BCUT2D eigenvalue weighted by atomic mass is 10.00. The fourth-order valence-corrected chi connectivity index (χ4v) is 9.97. The summed E-state index contributed by atoms with van der Waals surface area (Å²) in [5, 5.41) is 10.2. The van der Waals surface area contributed by atoms with Crippen LogP contribution in [0.25, 0.3) is 101 Å². The van der Waals surface area contributed by atoms with Gasteiger partial charge < -0.3 is 8.98 Å². The molecule has 4 heteroatoms. The van der Waals surface area contributed by atoms with Gasteiger partial charge in [-0.15, -0.1) is 22.7 Å². The molecule has 0 bridgehead atoms. The molecule has 0 spiro atoms. The van der Waals surface area contributed by atoms with Crippen LogP contribution in [-0.2, 0) is 0 Å². The summed E-state index contributed by atoms with van der Waals surface area (Å²) in [4.78, 5) is 0. The van der Waals surface area contributed by atoms with Gasteiger partial charge >= 0.3 is 0 Å². The summed E-state index contributed by atoms with van der Waals surface area (Å²) in [7, 11) is 0. The molecule has 0 N–H and O–H groups in total. The van der Waals surface area contributed by atoms with E-state index in [0.717, 1.165) is 27.5 Å². The summed E-state index contributed by atoms with van der Waals surface area (Å²) in [5.74, 6) is 0. The number of fused-ring (bicyclic) bond motifs is 13. The lowest BCUT2D eigenvalue weighted by Crippen LogP contribution is -1.93. The Kier molecular flexibility index (Phi) is 4.90. The van der Waals surface area contributed by atoms with Crippen molar-refractivity contribution in [3.8, 4) is 16.8 Å². The van der Waals surface area contributed by atoms with Gasteiger partial charge in [-0.25, -0.2) is 0 Å². The van der Waals surface area contributed by atoms with E-state index in [1.54, 1.807) is 0 Å². The second-order valence-electron chi connectivity index (χ2n) is 12.0. The van der Waals surface area contributed by atoms with Crippen LogP contribution in [0, 0.1) is 0 Å². The maximum Gasteiger partial charge on any atom is 0.143 e. The highest BCUT2D eigenvalue weighted by molar-refractivity contribution is 7.26. The van der Waals surface area contributed by atoms with Crippen molar-refractivity contribution >= 4 is 107 Å². The quantitative estimate of drug-likeness (QED) is 0.188. The van der Waals surface area contributed by atoms with Crippen molar-refractivity contribution in [1.29, 1.82) is 0 Å². The summed E-state index contributed by atoms with van der Waals surface area (Å²) in [5.41, 5.74) is 7.89. The molecule has 4 aromatic heterocycles. The molecule has 0 saturated heterocycles. The predicted molar refractivity (Wildman–Crippen MR) is 199 cm³/mol. The minimum Gasteiger partial charge on any atom is -0.455 e. The third-order valence-electron chi connectivity index (χ3n) is 9.61. The van der Waals surface area contributed by atoms with E-state index in [1.165, 1.54) is 73.4 Å². The van der Waals surface area contributed by atoms with Crippen molar-refractivity contribution in [2.45, 2.75) is 0 Å². The zero-order valence-electron chi connectivity index (χ0n) is 24.5. The molecule has 214 valence electrons. The van der Waals surface area contributed by atoms with Crippen molar-refractivity contribution in [3.63, 3.8) is 0 Å². The maximum atomic E-state index is 6.46. The monoisotopic (exact) mass is 621 g/mol. The summed E-state index contributed by atoms with van der Waals surface area (Å²) < 4.78 is 14.2. The van der Waals surface area contributed by atoms with E-state index in [9.17, 15) is 0 Å². The number of thiophene rings is 2. The van der Waals surface area contributed by atoms with Gasteiger partial charge in [-0.05, 0) is 48.5 Å². The van der Waals surface area contributed by atoms with E-state index in [4.69, 9.17) is 4.42 Å². The van der Waals surface area contributed by atoms with Gasteiger partial charge in [0.05, 0.1) is 11.0 Å². The van der Waals surface area contributed by atoms with Crippen molar-refractivity contribution in [2.24, 2.45) is 0 Å². The average Bonchev–Trinajstić information content (AvgIpc) is 3.86. The van der Waals surface area contributed by atoms with Gasteiger partial charge in [0, 0.05) is 78.7 Å². The number of rotatable bonds is 2. The molecular formula is C42H23NOS2. The Bertz CT molecular complexity index is 3040. The second-order valence-corrected chi connectivity index (χ2v) is 14.2. The van der Waals surface area contributed by atoms with Crippen LogP contribution < -0.4 is 0 Å². The number of nitrogens with zero attached hydrogens (tertiary/aromatic N) is 1. The number of hydrogen-bond acceptors (Lipinski definition) is 3. The van der Waals surface area contributed by atoms with E-state index in [1.807, 2.05) is 28.7 Å². The van der Waals surface area contributed by atoms with E-state index in [2.05, 4.69) is 138 Å². The molecule has 7 aromatic carbocycles. The summed E-state index contributed by atoms with van der Waals surface area (Å²) in [6.07, 6.45) is 0. The van der Waals surface area contributed by atoms with Gasteiger partial charge in [-0.3, -0.25) is 0 Å². The van der Waals surface area contributed by atoms with Crippen molar-refractivity contribution in [2.75, 3.05) is 0 Å². The van der Waals surface area contributed by atoms with Crippen LogP contribution >= 0.6 is 22.7 Å². The molecule has 46 heavy (non-hydrogen) atoms. The van der Waals surface area contributed by atoms with Crippen molar-refractivity contribution in [1.82, 2.24) is 4.57 Å². The Balaban J connectivity index is 1.18. The minimum absolute atomic E-state index is 0.928. The number of furan rings is 1. The van der Waals surface area contributed by atoms with Gasteiger partial charge in [-0.2, -0.15) is 0 Å². The molecule has 2 nitrogen and oxygen atoms in total. The molecule has 11 rings (SSSR count). The number of hydrogen-bond donors (Lipinski definition) is 0. The smallest absolute Gasteiger partial charge is 0.143 e. The number of para-hydroxylation sites is 3. The van der Waals surface area contributed by atoms with Crippen LogP contribution in [-0.4, -0.2) is 4.57 Å². The van der Waals surface area contributed by atoms with Crippen molar-refractivity contribution < 1.29 is 4.42 Å². The van der Waals surface area contributed by atoms with Gasteiger partial charge in [-0.1, -0.05) is 91.0 Å². The molecule has 0 aliphatic carbocycles. The van der Waals surface area contributed by atoms with E-state index in [0.29, 0.717) is 0 Å². The van der Waals surface area contributed by atoms with E-state index in [-0.39, 0.29) is 0 Å². The molecule has 0 fully saturated rings. The lowest BCUT2D eigenvalue weighted by Gasteiger charge is -2.08. The number of benzene rings is 7. The third-order valence-corrected chi connectivity index (χ3v) is 12.0. The Labute approximate surface area is 270 Å². The lowest BCUT2D eigenvalue weighted by molar-refractivity contribution is 0.670. The highest BCUT2D eigenvalue weighted by Gasteiger charge is 2.20. The maximum absolute atomic E-state index is 6.46. The normalized spacial score (nSPS) is 12.3. The Morgan fingerprint density at radius 2 is 1.15 bits per heavy atom. The molecular weight excluding hydrogens is 599 g/mol. The van der Waals surface area contributed by atoms with E-state index >= 15 is 0 Å². The molecule has 0 atom stereocenters. The summed E-state index contributed by atoms with van der Waals surface area (Å²) in [6, 6.07) is 50.8. The van der Waals surface area contributed by atoms with Crippen LogP contribution in [0.15, 0.2) is 144 Å². The number of aromatic nitrogens is 1. The topological polar surface area (TPSA) is 18.1 Å². The van der Waals surface area contributed by atoms with Crippen LogP contribution in [0.1, 0.15) is 0 Å². The second kappa shape index (κ2) is 9.07. The molecule has 0 unspecified atom stereocenters. The third kappa shape index (κ3) is 3.24. The fourth-order valence-electron chi connectivity index (χ4n) is 7.65. The predicted octanol–water partition coefficient (Wildman–Crippen LogP) is 13.1. The van der Waals surface area contributed by atoms with E-state index < -0.39 is 0 Å². The van der Waals surface area contributed by atoms with Gasteiger partial charge in [0.15, 0.2) is 0 Å². The highest BCUT2D eigenvalue weighted by atomic mass is 32.1. The highest BCUT2D eigenvalue weighted by Crippen LogP contribution is 2.46. The Morgan fingerprint density at radius 1 is 0.435 bits per heavy atom.